The van der Waals surface area contributed by atoms with Gasteiger partial charge in [-0.1, -0.05) is 49.2 Å². The zero-order valence-corrected chi connectivity index (χ0v) is 18.4. The monoisotopic (exact) mass is 443 g/mol. The van der Waals surface area contributed by atoms with E-state index in [2.05, 4.69) is 34.5 Å². The molecule has 1 atom stereocenters. The van der Waals surface area contributed by atoms with Crippen LogP contribution in [0.5, 0.6) is 0 Å². The predicted octanol–water partition coefficient (Wildman–Crippen LogP) is 2.64. The summed E-state index contributed by atoms with van der Waals surface area (Å²) in [4.78, 5) is 18.5. The standard InChI is InChI=1S/C21H30BN3O2S.CO2/c23-19(9-3-4-13-22(26)27)17-11-14-25(15-12-17)21(28)24-20-10-5-7-16-6-1-2-8-18(16)20;2-1-3/h1-2,5-8,10,17,19,26-27H,3-4,9,11-15,23H2,(H,24,28);. The van der Waals surface area contributed by atoms with Crippen LogP contribution < -0.4 is 11.1 Å². The number of piperidine rings is 1. The van der Waals surface area contributed by atoms with E-state index in [-0.39, 0.29) is 12.2 Å². The van der Waals surface area contributed by atoms with Crippen LogP contribution in [0.4, 0.5) is 5.69 Å². The van der Waals surface area contributed by atoms with Crippen LogP contribution >= 0.6 is 12.2 Å². The van der Waals surface area contributed by atoms with Gasteiger partial charge >= 0.3 is 13.3 Å². The number of nitrogens with zero attached hydrogens (tertiary/aromatic N) is 1. The van der Waals surface area contributed by atoms with Crippen molar-refractivity contribution in [2.45, 2.75) is 44.5 Å². The lowest BCUT2D eigenvalue weighted by Crippen LogP contribution is -2.44. The molecule has 0 aromatic heterocycles. The van der Waals surface area contributed by atoms with Gasteiger partial charge in [-0.25, -0.2) is 0 Å². The maximum absolute atomic E-state index is 8.91. The lowest BCUT2D eigenvalue weighted by Gasteiger charge is -2.36. The van der Waals surface area contributed by atoms with E-state index >= 15 is 0 Å². The third kappa shape index (κ3) is 8.05. The van der Waals surface area contributed by atoms with Crippen LogP contribution in [0.3, 0.4) is 0 Å². The van der Waals surface area contributed by atoms with Gasteiger partial charge in [-0.2, -0.15) is 9.59 Å². The molecule has 2 aromatic carbocycles. The number of fused-ring (bicyclic) bond motifs is 1. The Labute approximate surface area is 188 Å². The van der Waals surface area contributed by atoms with Gasteiger partial charge < -0.3 is 26.0 Å². The number of carbonyl (C=O) groups excluding carboxylic acids is 2. The summed E-state index contributed by atoms with van der Waals surface area (Å²) in [5.74, 6) is 0.510. The van der Waals surface area contributed by atoms with E-state index in [1.54, 1.807) is 0 Å². The van der Waals surface area contributed by atoms with Crippen molar-refractivity contribution in [3.8, 4) is 0 Å². The smallest absolute Gasteiger partial charge is 0.427 e. The Morgan fingerprint density at radius 3 is 2.48 bits per heavy atom. The molecule has 1 heterocycles. The molecule has 5 N–H and O–H groups in total. The zero-order valence-electron chi connectivity index (χ0n) is 17.6. The first-order chi connectivity index (χ1) is 15.0. The molecule has 3 rings (SSSR count). The first kappa shape index (κ1) is 25.0. The maximum Gasteiger partial charge on any atom is 0.451 e. The molecule has 0 bridgehead atoms. The van der Waals surface area contributed by atoms with Crippen molar-refractivity contribution in [2.24, 2.45) is 11.7 Å². The van der Waals surface area contributed by atoms with E-state index in [0.717, 1.165) is 56.0 Å². The molecule has 0 spiro atoms. The second kappa shape index (κ2) is 13.2. The predicted molar refractivity (Wildman–Crippen MR) is 126 cm³/mol. The van der Waals surface area contributed by atoms with Gasteiger partial charge in [0.2, 0.25) is 0 Å². The summed E-state index contributed by atoms with van der Waals surface area (Å²) in [7, 11) is -1.20. The van der Waals surface area contributed by atoms with Gasteiger partial charge in [0.05, 0.1) is 0 Å². The normalized spacial score (nSPS) is 14.9. The Kier molecular flexibility index (Phi) is 10.6. The third-order valence-electron chi connectivity index (χ3n) is 5.71. The Morgan fingerprint density at radius 1 is 1.16 bits per heavy atom. The summed E-state index contributed by atoms with van der Waals surface area (Å²) in [5, 5.41) is 24.4. The average Bonchev–Trinajstić information content (AvgIpc) is 2.77. The lowest BCUT2D eigenvalue weighted by atomic mass is 9.82. The Morgan fingerprint density at radius 2 is 1.81 bits per heavy atom. The first-order valence-electron chi connectivity index (χ1n) is 10.6. The quantitative estimate of drug-likeness (QED) is 0.293. The highest BCUT2D eigenvalue weighted by molar-refractivity contribution is 7.80. The van der Waals surface area contributed by atoms with Crippen LogP contribution in [0, 0.1) is 5.92 Å². The van der Waals surface area contributed by atoms with Gasteiger partial charge in [-0.15, -0.1) is 0 Å². The summed E-state index contributed by atoms with van der Waals surface area (Å²) in [6.07, 6.45) is 5.46. The van der Waals surface area contributed by atoms with Crippen molar-refractivity contribution in [3.63, 3.8) is 0 Å². The highest BCUT2D eigenvalue weighted by Gasteiger charge is 2.25. The molecule has 2 aromatic rings. The Hall–Kier alpha value is -2.29. The third-order valence-corrected chi connectivity index (χ3v) is 6.07. The topological polar surface area (TPSA) is 116 Å². The van der Waals surface area contributed by atoms with Crippen LogP contribution in [0.25, 0.3) is 10.8 Å². The van der Waals surface area contributed by atoms with Crippen molar-refractivity contribution in [1.82, 2.24) is 4.90 Å². The fraction of sp³-hybridized carbons (Fsp3) is 0.455. The zero-order chi connectivity index (χ0) is 22.6. The van der Waals surface area contributed by atoms with Crippen LogP contribution in [0.15, 0.2) is 42.5 Å². The van der Waals surface area contributed by atoms with E-state index in [4.69, 9.17) is 37.6 Å². The number of unbranched alkanes of at least 4 members (excludes halogenated alkanes) is 1. The van der Waals surface area contributed by atoms with Gasteiger partial charge in [0.15, 0.2) is 5.11 Å². The van der Waals surface area contributed by atoms with Crippen LogP contribution in [0.2, 0.25) is 6.32 Å². The summed E-state index contributed by atoms with van der Waals surface area (Å²) >= 11 is 5.67. The minimum atomic E-state index is -1.20. The highest BCUT2D eigenvalue weighted by atomic mass is 32.1. The van der Waals surface area contributed by atoms with Gasteiger partial charge in [-0.05, 0) is 55.2 Å². The molecular formula is C22H30BN3O4S. The van der Waals surface area contributed by atoms with E-state index in [9.17, 15) is 0 Å². The minimum absolute atomic E-state index is 0.178. The second-order valence-electron chi connectivity index (χ2n) is 7.79. The summed E-state index contributed by atoms with van der Waals surface area (Å²) in [6, 6.07) is 14.7. The van der Waals surface area contributed by atoms with E-state index in [1.165, 1.54) is 10.8 Å². The molecule has 7 nitrogen and oxygen atoms in total. The van der Waals surface area contributed by atoms with Crippen molar-refractivity contribution >= 4 is 47.1 Å². The van der Waals surface area contributed by atoms with Gasteiger partial charge in [0.25, 0.3) is 0 Å². The van der Waals surface area contributed by atoms with Crippen LogP contribution in [-0.2, 0) is 9.59 Å². The highest BCUT2D eigenvalue weighted by Crippen LogP contribution is 2.26. The van der Waals surface area contributed by atoms with Gasteiger partial charge in [0.1, 0.15) is 0 Å². The van der Waals surface area contributed by atoms with Gasteiger partial charge in [-0.3, -0.25) is 0 Å². The van der Waals surface area contributed by atoms with Crippen molar-refractivity contribution in [1.29, 1.82) is 0 Å². The molecule has 0 amide bonds. The van der Waals surface area contributed by atoms with E-state index in [1.807, 2.05) is 18.2 Å². The number of rotatable bonds is 7. The summed E-state index contributed by atoms with van der Waals surface area (Å²) in [6.45, 7) is 1.84. The molecule has 1 unspecified atom stereocenters. The maximum atomic E-state index is 8.91. The number of hydrogen-bond acceptors (Lipinski definition) is 6. The number of anilines is 1. The van der Waals surface area contributed by atoms with Crippen LogP contribution in [-0.4, -0.2) is 52.5 Å². The SMILES string of the molecule is NC(CCCCB(O)O)C1CCN(C(=S)Nc2cccc3ccccc23)CC1.O=C=O. The molecule has 9 heteroatoms. The number of hydrogen-bond donors (Lipinski definition) is 4. The average molecular weight is 443 g/mol. The molecule has 1 aliphatic heterocycles. The van der Waals surface area contributed by atoms with E-state index in [0.29, 0.717) is 12.2 Å². The second-order valence-corrected chi connectivity index (χ2v) is 8.18. The molecule has 0 radical (unpaired) electrons. The number of benzene rings is 2. The first-order valence-corrected chi connectivity index (χ1v) is 11.0. The van der Waals surface area contributed by atoms with Crippen LogP contribution in [0.1, 0.15) is 32.1 Å². The minimum Gasteiger partial charge on any atom is -0.427 e. The fourth-order valence-corrected chi connectivity index (χ4v) is 4.29. The molecule has 31 heavy (non-hydrogen) atoms. The van der Waals surface area contributed by atoms with Crippen molar-refractivity contribution in [3.05, 3.63) is 42.5 Å². The molecule has 0 saturated carbocycles. The lowest BCUT2D eigenvalue weighted by molar-refractivity contribution is -0.191. The van der Waals surface area contributed by atoms with Crippen molar-refractivity contribution < 1.29 is 19.6 Å². The molecular weight excluding hydrogens is 413 g/mol. The fourth-order valence-electron chi connectivity index (χ4n) is 4.00. The van der Waals surface area contributed by atoms with E-state index < -0.39 is 7.12 Å². The molecule has 1 saturated heterocycles. The molecule has 166 valence electrons. The summed E-state index contributed by atoms with van der Waals surface area (Å²) in [5.41, 5.74) is 7.43. The number of nitrogens with two attached hydrogens (primary N) is 1. The van der Waals surface area contributed by atoms with Gasteiger partial charge in [0, 0.05) is 30.2 Å². The summed E-state index contributed by atoms with van der Waals surface area (Å²) < 4.78 is 0. The Balaban J connectivity index is 0.00000107. The van der Waals surface area contributed by atoms with Crippen molar-refractivity contribution in [2.75, 3.05) is 18.4 Å². The number of thiocarbonyl (C=S) groups is 1. The number of likely N-dealkylation sites (tertiary alicyclic amines) is 1. The Bertz CT molecular complexity index is 863. The number of nitrogens with one attached hydrogen (secondary N) is 1. The molecule has 1 fully saturated rings. The molecule has 1 aliphatic rings. The molecule has 0 aliphatic carbocycles. The largest absolute Gasteiger partial charge is 0.451 e.